The summed E-state index contributed by atoms with van der Waals surface area (Å²) < 4.78 is 5.34. The first-order valence-corrected chi connectivity index (χ1v) is 8.64. The summed E-state index contributed by atoms with van der Waals surface area (Å²) in [7, 11) is 0. The third-order valence-corrected chi connectivity index (χ3v) is 4.60. The number of amides is 1. The zero-order valence-corrected chi connectivity index (χ0v) is 14.5. The van der Waals surface area contributed by atoms with Gasteiger partial charge < -0.3 is 9.42 Å². The zero-order valence-electron chi connectivity index (χ0n) is 14.5. The van der Waals surface area contributed by atoms with Gasteiger partial charge in [0.1, 0.15) is 0 Å². The Morgan fingerprint density at radius 1 is 1.27 bits per heavy atom. The first kappa shape index (κ1) is 16.4. The number of rotatable bonds is 4. The van der Waals surface area contributed by atoms with Crippen molar-refractivity contribution in [2.75, 3.05) is 13.1 Å². The third kappa shape index (κ3) is 3.46. The molecule has 3 aromatic rings. The Balaban J connectivity index is 1.38. The summed E-state index contributed by atoms with van der Waals surface area (Å²) in [6.07, 6.45) is 6.67. The van der Waals surface area contributed by atoms with Crippen LogP contribution in [0, 0.1) is 12.8 Å². The molecule has 1 saturated heterocycles. The maximum atomic E-state index is 12.6. The molecule has 4 rings (SSSR count). The predicted octanol–water partition coefficient (Wildman–Crippen LogP) is 2.54. The Hall–Kier alpha value is -3.09. The van der Waals surface area contributed by atoms with Crippen molar-refractivity contribution >= 4 is 5.91 Å². The van der Waals surface area contributed by atoms with E-state index >= 15 is 0 Å². The van der Waals surface area contributed by atoms with Gasteiger partial charge in [-0.3, -0.25) is 14.8 Å². The number of aryl methyl sites for hydroxylation is 1. The van der Waals surface area contributed by atoms with E-state index in [2.05, 4.69) is 20.1 Å². The third-order valence-electron chi connectivity index (χ3n) is 4.60. The second-order valence-electron chi connectivity index (χ2n) is 6.55. The number of likely N-dealkylation sites (tertiary alicyclic amines) is 1. The zero-order chi connectivity index (χ0) is 17.9. The lowest BCUT2D eigenvalue weighted by atomic mass is 10.0. The van der Waals surface area contributed by atoms with Crippen molar-refractivity contribution < 1.29 is 9.32 Å². The van der Waals surface area contributed by atoms with Gasteiger partial charge in [-0.1, -0.05) is 5.16 Å². The lowest BCUT2D eigenvalue weighted by Gasteiger charge is -2.16. The Kier molecular flexibility index (Phi) is 4.43. The van der Waals surface area contributed by atoms with Crippen molar-refractivity contribution in [1.82, 2.24) is 25.0 Å². The number of aromatic nitrogens is 4. The summed E-state index contributed by atoms with van der Waals surface area (Å²) in [6.45, 7) is 3.35. The SMILES string of the molecule is Cc1ccc(C(=O)N2CCC(Cc3noc(-c4ccncc4)n3)C2)cn1. The molecule has 1 amide bonds. The first-order chi connectivity index (χ1) is 12.7. The Labute approximate surface area is 151 Å². The van der Waals surface area contributed by atoms with Gasteiger partial charge in [-0.25, -0.2) is 0 Å². The molecular formula is C19H19N5O2. The molecule has 1 atom stereocenters. The smallest absolute Gasteiger partial charge is 0.258 e. The van der Waals surface area contributed by atoms with Gasteiger partial charge in [0.15, 0.2) is 5.82 Å². The highest BCUT2D eigenvalue weighted by molar-refractivity contribution is 5.94. The van der Waals surface area contributed by atoms with Crippen LogP contribution >= 0.6 is 0 Å². The van der Waals surface area contributed by atoms with E-state index in [1.54, 1.807) is 18.6 Å². The van der Waals surface area contributed by atoms with Crippen LogP contribution in [-0.4, -0.2) is 44.0 Å². The van der Waals surface area contributed by atoms with Gasteiger partial charge in [0.05, 0.1) is 5.56 Å². The molecule has 0 saturated carbocycles. The summed E-state index contributed by atoms with van der Waals surface area (Å²) in [4.78, 5) is 27.1. The number of carbonyl (C=O) groups is 1. The van der Waals surface area contributed by atoms with Crippen molar-refractivity contribution in [2.45, 2.75) is 19.8 Å². The average molecular weight is 349 g/mol. The molecule has 1 fully saturated rings. The summed E-state index contributed by atoms with van der Waals surface area (Å²) in [5, 5.41) is 4.07. The summed E-state index contributed by atoms with van der Waals surface area (Å²) in [5.74, 6) is 1.54. The van der Waals surface area contributed by atoms with Gasteiger partial charge in [0.2, 0.25) is 0 Å². The number of pyridine rings is 2. The Bertz CT molecular complexity index is 892. The molecule has 0 N–H and O–H groups in total. The van der Waals surface area contributed by atoms with E-state index in [0.717, 1.165) is 24.2 Å². The van der Waals surface area contributed by atoms with Crippen LogP contribution in [0.15, 0.2) is 47.4 Å². The number of hydrogen-bond donors (Lipinski definition) is 0. The highest BCUT2D eigenvalue weighted by Crippen LogP contribution is 2.23. The van der Waals surface area contributed by atoms with Crippen LogP contribution in [0.5, 0.6) is 0 Å². The number of nitrogens with zero attached hydrogens (tertiary/aromatic N) is 5. The highest BCUT2D eigenvalue weighted by Gasteiger charge is 2.28. The molecule has 3 aromatic heterocycles. The molecule has 1 aliphatic rings. The minimum atomic E-state index is 0.0330. The van der Waals surface area contributed by atoms with E-state index in [1.807, 2.05) is 36.1 Å². The van der Waals surface area contributed by atoms with Gasteiger partial charge in [0.25, 0.3) is 11.8 Å². The minimum Gasteiger partial charge on any atom is -0.338 e. The topological polar surface area (TPSA) is 85.0 Å². The second-order valence-corrected chi connectivity index (χ2v) is 6.55. The van der Waals surface area contributed by atoms with Crippen LogP contribution in [0.1, 0.15) is 28.3 Å². The molecule has 7 nitrogen and oxygen atoms in total. The second kappa shape index (κ2) is 7.03. The summed E-state index contributed by atoms with van der Waals surface area (Å²) in [6, 6.07) is 7.37. The van der Waals surface area contributed by atoms with Crippen LogP contribution in [0.2, 0.25) is 0 Å². The fourth-order valence-corrected chi connectivity index (χ4v) is 3.17. The molecule has 0 radical (unpaired) electrons. The van der Waals surface area contributed by atoms with Crippen LogP contribution < -0.4 is 0 Å². The van der Waals surface area contributed by atoms with E-state index in [-0.39, 0.29) is 5.91 Å². The highest BCUT2D eigenvalue weighted by atomic mass is 16.5. The van der Waals surface area contributed by atoms with Crippen LogP contribution in [-0.2, 0) is 6.42 Å². The molecule has 7 heteroatoms. The molecule has 1 unspecified atom stereocenters. The maximum absolute atomic E-state index is 12.6. The average Bonchev–Trinajstić information content (AvgIpc) is 3.33. The van der Waals surface area contributed by atoms with Crippen LogP contribution in [0.4, 0.5) is 0 Å². The lowest BCUT2D eigenvalue weighted by molar-refractivity contribution is 0.0786. The van der Waals surface area contributed by atoms with Gasteiger partial charge >= 0.3 is 0 Å². The summed E-state index contributed by atoms with van der Waals surface area (Å²) in [5.41, 5.74) is 2.40. The molecule has 4 heterocycles. The van der Waals surface area contributed by atoms with Crippen LogP contribution in [0.3, 0.4) is 0 Å². The van der Waals surface area contributed by atoms with Crippen molar-refractivity contribution in [3.63, 3.8) is 0 Å². The fraction of sp³-hybridized carbons (Fsp3) is 0.316. The van der Waals surface area contributed by atoms with Crippen LogP contribution in [0.25, 0.3) is 11.5 Å². The van der Waals surface area contributed by atoms with E-state index < -0.39 is 0 Å². The minimum absolute atomic E-state index is 0.0330. The Morgan fingerprint density at radius 3 is 2.88 bits per heavy atom. The molecular weight excluding hydrogens is 330 g/mol. The van der Waals surface area contributed by atoms with Gasteiger partial charge in [0, 0.05) is 49.4 Å². The van der Waals surface area contributed by atoms with E-state index in [0.29, 0.717) is 36.2 Å². The molecule has 0 spiro atoms. The van der Waals surface area contributed by atoms with Gasteiger partial charge in [-0.05, 0) is 43.5 Å². The Morgan fingerprint density at radius 2 is 2.12 bits per heavy atom. The fourth-order valence-electron chi connectivity index (χ4n) is 3.17. The summed E-state index contributed by atoms with van der Waals surface area (Å²) >= 11 is 0. The predicted molar refractivity (Wildman–Crippen MR) is 94.2 cm³/mol. The lowest BCUT2D eigenvalue weighted by Crippen LogP contribution is -2.29. The molecule has 0 bridgehead atoms. The molecule has 0 aliphatic carbocycles. The first-order valence-electron chi connectivity index (χ1n) is 8.64. The van der Waals surface area contributed by atoms with Crippen molar-refractivity contribution in [3.8, 4) is 11.5 Å². The molecule has 0 aromatic carbocycles. The van der Waals surface area contributed by atoms with Crippen molar-refractivity contribution in [2.24, 2.45) is 5.92 Å². The molecule has 26 heavy (non-hydrogen) atoms. The number of carbonyl (C=O) groups excluding carboxylic acids is 1. The van der Waals surface area contributed by atoms with E-state index in [9.17, 15) is 4.79 Å². The monoisotopic (exact) mass is 349 g/mol. The van der Waals surface area contributed by atoms with Gasteiger partial charge in [-0.15, -0.1) is 0 Å². The normalized spacial score (nSPS) is 16.8. The molecule has 1 aliphatic heterocycles. The standard InChI is InChI=1S/C19H19N5O2/c1-13-2-3-16(11-21-13)19(25)24-9-6-14(12-24)10-17-22-18(26-23-17)15-4-7-20-8-5-15/h2-5,7-8,11,14H,6,9-10,12H2,1H3. The van der Waals surface area contributed by atoms with Crippen molar-refractivity contribution in [3.05, 3.63) is 59.9 Å². The molecule has 132 valence electrons. The number of hydrogen-bond acceptors (Lipinski definition) is 6. The largest absolute Gasteiger partial charge is 0.338 e. The van der Waals surface area contributed by atoms with Gasteiger partial charge in [-0.2, -0.15) is 4.98 Å². The quantitative estimate of drug-likeness (QED) is 0.719. The van der Waals surface area contributed by atoms with Crippen molar-refractivity contribution in [1.29, 1.82) is 0 Å². The van der Waals surface area contributed by atoms with E-state index in [4.69, 9.17) is 4.52 Å². The maximum Gasteiger partial charge on any atom is 0.258 e. The van der Waals surface area contributed by atoms with E-state index in [1.165, 1.54) is 0 Å².